The summed E-state index contributed by atoms with van der Waals surface area (Å²) in [6.45, 7) is 1.01. The lowest BCUT2D eigenvalue weighted by Gasteiger charge is -2.18. The number of phosphoric acid groups is 1. The van der Waals surface area contributed by atoms with E-state index in [0.29, 0.717) is 6.42 Å². The number of phosphoric ester groups is 1. The van der Waals surface area contributed by atoms with Crippen LogP contribution in [0.4, 0.5) is 0 Å². The molecule has 1 unspecified atom stereocenters. The van der Waals surface area contributed by atoms with Gasteiger partial charge in [-0.05, 0) is 6.42 Å². The molecular weight excluding hydrogens is 265 g/mol. The first-order valence-corrected chi connectivity index (χ1v) is 6.86. The van der Waals surface area contributed by atoms with Crippen molar-refractivity contribution in [3.63, 3.8) is 0 Å². The summed E-state index contributed by atoms with van der Waals surface area (Å²) in [6, 6.07) is 0. The number of ether oxygens (including phenoxy) is 1. The molecule has 6 N–H and O–H groups in total. The standard InChI is InChI=1S/C9H19O7P.H3N/c1-2-3-4-5-9(11)15-6-8(10)7-16-17(12,13)14;/h8,10H,2-7H2,1H3,(H2,12,13,14);1H3/t8-;/m1./s1. The molecule has 0 aromatic rings. The lowest BCUT2D eigenvalue weighted by molar-refractivity contribution is -0.222. The largest absolute Gasteiger partial charge is 0.756 e. The fourth-order valence-electron chi connectivity index (χ4n) is 1.01. The molecule has 0 spiro atoms. The summed E-state index contributed by atoms with van der Waals surface area (Å²) in [7, 11) is -4.84. The van der Waals surface area contributed by atoms with E-state index in [4.69, 9.17) is 10.00 Å². The lowest BCUT2D eigenvalue weighted by Crippen LogP contribution is -2.24. The van der Waals surface area contributed by atoms with Gasteiger partial charge in [-0.15, -0.1) is 0 Å². The molecule has 0 heterocycles. The van der Waals surface area contributed by atoms with Crippen LogP contribution in [0.25, 0.3) is 0 Å². The highest BCUT2D eigenvalue weighted by Gasteiger charge is 2.11. The minimum atomic E-state index is -4.84. The molecule has 0 fully saturated rings. The number of carbonyl (C=O) groups is 1. The van der Waals surface area contributed by atoms with Crippen LogP contribution in [-0.4, -0.2) is 35.3 Å². The molecule has 0 radical (unpaired) electrons. The molecule has 9 heteroatoms. The molecule has 110 valence electrons. The molecule has 0 bridgehead atoms. The Morgan fingerprint density at radius 1 is 1.39 bits per heavy atom. The van der Waals surface area contributed by atoms with Gasteiger partial charge in [-0.25, -0.2) is 0 Å². The van der Waals surface area contributed by atoms with Gasteiger partial charge in [-0.3, -0.25) is 9.36 Å². The predicted molar refractivity (Wildman–Crippen MR) is 62.9 cm³/mol. The van der Waals surface area contributed by atoms with E-state index in [0.717, 1.165) is 12.8 Å². The fourth-order valence-corrected chi connectivity index (χ4v) is 1.37. The zero-order valence-corrected chi connectivity index (χ0v) is 11.6. The summed E-state index contributed by atoms with van der Waals surface area (Å²) in [6.07, 6.45) is 1.61. The molecule has 0 amide bonds. The number of carbonyl (C=O) groups excluding carboxylic acids is 1. The quantitative estimate of drug-likeness (QED) is 0.313. The van der Waals surface area contributed by atoms with Crippen molar-refractivity contribution in [3.8, 4) is 0 Å². The Morgan fingerprint density at radius 2 is 2.00 bits per heavy atom. The fraction of sp³-hybridized carbons (Fsp3) is 0.889. The predicted octanol–water partition coefficient (Wildman–Crippen LogP) is 0.324. The number of esters is 1. The van der Waals surface area contributed by atoms with Gasteiger partial charge < -0.3 is 30.3 Å². The smallest absolute Gasteiger partial charge is 0.305 e. The molecule has 2 atom stereocenters. The Labute approximate surface area is 106 Å². The Morgan fingerprint density at radius 3 is 2.50 bits per heavy atom. The molecule has 0 saturated carbocycles. The SMILES string of the molecule is CCCCCC(=O)OC[C@@H](O)COP(=O)([O-])O.[NH4+]. The molecule has 0 aliphatic heterocycles. The number of quaternary nitrogens is 1. The van der Waals surface area contributed by atoms with Gasteiger partial charge in [-0.1, -0.05) is 19.8 Å². The maximum absolute atomic E-state index is 11.1. The van der Waals surface area contributed by atoms with E-state index in [1.54, 1.807) is 0 Å². The van der Waals surface area contributed by atoms with Crippen LogP contribution < -0.4 is 11.0 Å². The monoisotopic (exact) mass is 287 g/mol. The number of hydrogen-bond donors (Lipinski definition) is 3. The molecule has 8 nitrogen and oxygen atoms in total. The van der Waals surface area contributed by atoms with E-state index >= 15 is 0 Å². The number of rotatable bonds is 9. The van der Waals surface area contributed by atoms with Crippen molar-refractivity contribution in [2.45, 2.75) is 38.7 Å². The summed E-state index contributed by atoms with van der Waals surface area (Å²) < 4.78 is 18.8. The summed E-state index contributed by atoms with van der Waals surface area (Å²) in [4.78, 5) is 29.5. The molecular formula is C9H22NO7P. The maximum atomic E-state index is 11.1. The van der Waals surface area contributed by atoms with E-state index in [1.807, 2.05) is 6.92 Å². The topological polar surface area (TPSA) is 153 Å². The number of aliphatic hydroxyl groups excluding tert-OH is 1. The molecule has 0 aliphatic rings. The van der Waals surface area contributed by atoms with E-state index in [1.165, 1.54) is 0 Å². The highest BCUT2D eigenvalue weighted by Crippen LogP contribution is 2.29. The van der Waals surface area contributed by atoms with Gasteiger partial charge in [0.05, 0.1) is 6.61 Å². The zero-order chi connectivity index (χ0) is 13.3. The first-order chi connectivity index (χ1) is 7.85. The highest BCUT2D eigenvalue weighted by molar-refractivity contribution is 7.44. The van der Waals surface area contributed by atoms with Crippen LogP contribution in [-0.2, 0) is 18.6 Å². The molecule has 0 aromatic carbocycles. The average Bonchev–Trinajstić information content (AvgIpc) is 2.23. The second kappa shape index (κ2) is 10.4. The Hall–Kier alpha value is -0.500. The summed E-state index contributed by atoms with van der Waals surface area (Å²) >= 11 is 0. The van der Waals surface area contributed by atoms with Gasteiger partial charge in [0, 0.05) is 6.42 Å². The minimum Gasteiger partial charge on any atom is -0.756 e. The second-order valence-corrected chi connectivity index (χ2v) is 4.75. The molecule has 0 aliphatic carbocycles. The summed E-state index contributed by atoms with van der Waals surface area (Å²) in [5.41, 5.74) is 0. The van der Waals surface area contributed by atoms with Crippen LogP contribution in [0, 0.1) is 0 Å². The zero-order valence-electron chi connectivity index (χ0n) is 10.7. The van der Waals surface area contributed by atoms with Crippen molar-refractivity contribution in [2.75, 3.05) is 13.2 Å². The molecule has 18 heavy (non-hydrogen) atoms. The van der Waals surface area contributed by atoms with Crippen molar-refractivity contribution < 1.29 is 33.5 Å². The second-order valence-electron chi connectivity index (χ2n) is 3.56. The van der Waals surface area contributed by atoms with Crippen molar-refractivity contribution in [1.29, 1.82) is 0 Å². The Kier molecular flexibility index (Phi) is 11.5. The summed E-state index contributed by atoms with van der Waals surface area (Å²) in [5.74, 6) is -0.452. The maximum Gasteiger partial charge on any atom is 0.305 e. The summed E-state index contributed by atoms with van der Waals surface area (Å²) in [5, 5.41) is 9.16. The minimum absolute atomic E-state index is 0. The average molecular weight is 287 g/mol. The van der Waals surface area contributed by atoms with E-state index in [-0.39, 0.29) is 19.2 Å². The molecule has 0 rings (SSSR count). The van der Waals surface area contributed by atoms with E-state index < -0.39 is 26.5 Å². The van der Waals surface area contributed by atoms with Gasteiger partial charge in [0.2, 0.25) is 0 Å². The van der Waals surface area contributed by atoms with Crippen molar-refractivity contribution in [1.82, 2.24) is 6.15 Å². The first kappa shape index (κ1) is 19.8. The highest BCUT2D eigenvalue weighted by atomic mass is 31.2. The van der Waals surface area contributed by atoms with Crippen LogP contribution >= 0.6 is 7.82 Å². The third-order valence-electron chi connectivity index (χ3n) is 1.85. The van der Waals surface area contributed by atoms with Crippen LogP contribution in [0.3, 0.4) is 0 Å². The molecule has 0 aromatic heterocycles. The van der Waals surface area contributed by atoms with E-state index in [9.17, 15) is 14.3 Å². The third kappa shape index (κ3) is 13.6. The van der Waals surface area contributed by atoms with Gasteiger partial charge in [0.25, 0.3) is 7.82 Å². The van der Waals surface area contributed by atoms with Crippen molar-refractivity contribution in [2.24, 2.45) is 0 Å². The van der Waals surface area contributed by atoms with Crippen LogP contribution in [0.5, 0.6) is 0 Å². The number of aliphatic hydroxyl groups is 1. The number of hydrogen-bond acceptors (Lipinski definition) is 6. The van der Waals surface area contributed by atoms with Gasteiger partial charge in [-0.2, -0.15) is 0 Å². The van der Waals surface area contributed by atoms with Gasteiger partial charge >= 0.3 is 5.97 Å². The molecule has 0 saturated heterocycles. The van der Waals surface area contributed by atoms with Crippen LogP contribution in [0.1, 0.15) is 32.6 Å². The van der Waals surface area contributed by atoms with Crippen molar-refractivity contribution in [3.05, 3.63) is 0 Å². The normalized spacial score (nSPS) is 15.3. The third-order valence-corrected chi connectivity index (χ3v) is 2.33. The van der Waals surface area contributed by atoms with E-state index in [2.05, 4.69) is 9.26 Å². The van der Waals surface area contributed by atoms with Gasteiger partial charge in [0.15, 0.2) is 0 Å². The Bertz CT molecular complexity index is 268. The van der Waals surface area contributed by atoms with Crippen LogP contribution in [0.15, 0.2) is 0 Å². The number of unbranched alkanes of at least 4 members (excludes halogenated alkanes) is 2. The van der Waals surface area contributed by atoms with Gasteiger partial charge in [0.1, 0.15) is 12.7 Å². The van der Waals surface area contributed by atoms with Crippen molar-refractivity contribution >= 4 is 13.8 Å². The Balaban J connectivity index is 0. The first-order valence-electron chi connectivity index (χ1n) is 5.37. The van der Waals surface area contributed by atoms with Crippen LogP contribution in [0.2, 0.25) is 0 Å². The lowest BCUT2D eigenvalue weighted by atomic mass is 10.2.